The molecule has 1 heterocycles. The summed E-state index contributed by atoms with van der Waals surface area (Å²) in [5.41, 5.74) is 1.68. The molecular weight excluding hydrogens is 370 g/mol. The van der Waals surface area contributed by atoms with Crippen LogP contribution in [0.15, 0.2) is 48.5 Å². The van der Waals surface area contributed by atoms with Gasteiger partial charge in [-0.1, -0.05) is 36.4 Å². The predicted octanol–water partition coefficient (Wildman–Crippen LogP) is 3.50. The summed E-state index contributed by atoms with van der Waals surface area (Å²) in [6.45, 7) is 3.39. The fourth-order valence-electron chi connectivity index (χ4n) is 3.20. The Morgan fingerprint density at radius 1 is 1.10 bits per heavy atom. The molecule has 0 bridgehead atoms. The first kappa shape index (κ1) is 20.5. The molecule has 29 heavy (non-hydrogen) atoms. The van der Waals surface area contributed by atoms with E-state index in [0.717, 1.165) is 12.8 Å². The second-order valence-electron chi connectivity index (χ2n) is 6.75. The highest BCUT2D eigenvalue weighted by Crippen LogP contribution is 2.29. The van der Waals surface area contributed by atoms with E-state index in [-0.39, 0.29) is 18.3 Å². The lowest BCUT2D eigenvalue weighted by molar-refractivity contribution is -0.146. The largest absolute Gasteiger partial charge is 0.504 e. The van der Waals surface area contributed by atoms with Gasteiger partial charge in [-0.2, -0.15) is 0 Å². The maximum atomic E-state index is 12.8. The summed E-state index contributed by atoms with van der Waals surface area (Å²) in [6.07, 6.45) is 3.63. The minimum Gasteiger partial charge on any atom is -0.504 e. The average molecular weight is 395 g/mol. The first-order valence-electron chi connectivity index (χ1n) is 9.76. The van der Waals surface area contributed by atoms with Gasteiger partial charge in [-0.25, -0.2) is 4.79 Å². The van der Waals surface area contributed by atoms with Gasteiger partial charge in [0.05, 0.1) is 12.2 Å². The fraction of sp³-hybridized carbons (Fsp3) is 0.304. The summed E-state index contributed by atoms with van der Waals surface area (Å²) in [6, 6.07) is 14.0. The van der Waals surface area contributed by atoms with Crippen LogP contribution in [0.4, 0.5) is 0 Å². The third-order valence-electron chi connectivity index (χ3n) is 4.68. The van der Waals surface area contributed by atoms with Crippen LogP contribution in [0.25, 0.3) is 11.6 Å². The number of hydrogen-bond acceptors (Lipinski definition) is 5. The summed E-state index contributed by atoms with van der Waals surface area (Å²) >= 11 is 0. The Hall–Kier alpha value is -3.28. The molecule has 0 spiro atoms. The number of nitrogens with zero attached hydrogens (tertiary/aromatic N) is 1. The van der Waals surface area contributed by atoms with Crippen molar-refractivity contribution in [2.45, 2.75) is 19.8 Å². The van der Waals surface area contributed by atoms with E-state index >= 15 is 0 Å². The lowest BCUT2D eigenvalue weighted by Gasteiger charge is -2.15. The standard InChI is InChI=1S/C23H25NO5/c1-2-28-21-15-17(10-11-20(21)25)14-19(18-8-4-3-5-9-18)23(27)29-16-22(26)24-12-6-7-13-24/h3-5,8-11,14-15,25H,2,6-7,12-13,16H2,1H3/b19-14+. The smallest absolute Gasteiger partial charge is 0.339 e. The molecule has 1 aliphatic rings. The highest BCUT2D eigenvalue weighted by atomic mass is 16.5. The van der Waals surface area contributed by atoms with Crippen LogP contribution in [-0.4, -0.2) is 48.2 Å². The van der Waals surface area contributed by atoms with Gasteiger partial charge in [-0.05, 0) is 49.1 Å². The quantitative estimate of drug-likeness (QED) is 0.441. The van der Waals surface area contributed by atoms with E-state index in [1.807, 2.05) is 25.1 Å². The molecule has 2 aromatic carbocycles. The normalized spacial score (nSPS) is 14.0. The maximum absolute atomic E-state index is 12.8. The highest BCUT2D eigenvalue weighted by Gasteiger charge is 2.21. The number of phenolic OH excluding ortho intramolecular Hbond substituents is 1. The van der Waals surface area contributed by atoms with Crippen molar-refractivity contribution in [3.63, 3.8) is 0 Å². The first-order chi connectivity index (χ1) is 14.1. The number of amides is 1. The fourth-order valence-corrected chi connectivity index (χ4v) is 3.20. The molecule has 0 aliphatic carbocycles. The number of likely N-dealkylation sites (tertiary alicyclic amines) is 1. The van der Waals surface area contributed by atoms with Gasteiger partial charge in [0.2, 0.25) is 0 Å². The van der Waals surface area contributed by atoms with Crippen LogP contribution in [-0.2, 0) is 14.3 Å². The second kappa shape index (κ2) is 9.78. The number of aromatic hydroxyl groups is 1. The van der Waals surface area contributed by atoms with Crippen LogP contribution in [0.1, 0.15) is 30.9 Å². The van der Waals surface area contributed by atoms with E-state index in [0.29, 0.717) is 42.1 Å². The number of esters is 1. The van der Waals surface area contributed by atoms with Gasteiger partial charge in [0.1, 0.15) is 0 Å². The Labute approximate surface area is 170 Å². The Bertz CT molecular complexity index is 885. The maximum Gasteiger partial charge on any atom is 0.339 e. The molecule has 0 unspecified atom stereocenters. The van der Waals surface area contributed by atoms with E-state index in [1.54, 1.807) is 35.2 Å². The molecule has 2 aromatic rings. The third-order valence-corrected chi connectivity index (χ3v) is 4.68. The number of hydrogen-bond donors (Lipinski definition) is 1. The SMILES string of the molecule is CCOc1cc(/C=C(/C(=O)OCC(=O)N2CCCC2)c2ccccc2)ccc1O. The topological polar surface area (TPSA) is 76.1 Å². The molecular formula is C23H25NO5. The number of carbonyl (C=O) groups excluding carboxylic acids is 2. The average Bonchev–Trinajstić information content (AvgIpc) is 3.28. The van der Waals surface area contributed by atoms with Crippen LogP contribution in [0.5, 0.6) is 11.5 Å². The molecule has 0 atom stereocenters. The molecule has 3 rings (SSSR count). The van der Waals surface area contributed by atoms with Gasteiger partial charge in [0.15, 0.2) is 18.1 Å². The zero-order valence-corrected chi connectivity index (χ0v) is 16.5. The van der Waals surface area contributed by atoms with E-state index in [1.165, 1.54) is 6.07 Å². The van der Waals surface area contributed by atoms with E-state index in [9.17, 15) is 14.7 Å². The molecule has 152 valence electrons. The van der Waals surface area contributed by atoms with E-state index in [2.05, 4.69) is 0 Å². The molecule has 0 saturated carbocycles. The Kier molecular flexibility index (Phi) is 6.89. The predicted molar refractivity (Wildman–Crippen MR) is 110 cm³/mol. The van der Waals surface area contributed by atoms with Gasteiger partial charge in [-0.15, -0.1) is 0 Å². The van der Waals surface area contributed by atoms with Crippen molar-refractivity contribution in [1.29, 1.82) is 0 Å². The third kappa shape index (κ3) is 5.38. The summed E-state index contributed by atoms with van der Waals surface area (Å²) < 4.78 is 10.7. The van der Waals surface area contributed by atoms with Gasteiger partial charge in [-0.3, -0.25) is 4.79 Å². The summed E-state index contributed by atoms with van der Waals surface area (Å²) in [5, 5.41) is 9.90. The lowest BCUT2D eigenvalue weighted by atomic mass is 10.0. The van der Waals surface area contributed by atoms with E-state index < -0.39 is 5.97 Å². The number of phenols is 1. The molecule has 6 heteroatoms. The molecule has 0 aromatic heterocycles. The van der Waals surface area contributed by atoms with E-state index in [4.69, 9.17) is 9.47 Å². The number of benzene rings is 2. The minimum atomic E-state index is -0.574. The molecule has 0 radical (unpaired) electrons. The molecule has 1 saturated heterocycles. The van der Waals surface area contributed by atoms with Crippen LogP contribution < -0.4 is 4.74 Å². The number of rotatable bonds is 7. The molecule has 6 nitrogen and oxygen atoms in total. The second-order valence-corrected chi connectivity index (χ2v) is 6.75. The van der Waals surface area contributed by atoms with Crippen molar-refractivity contribution < 1.29 is 24.2 Å². The highest BCUT2D eigenvalue weighted by molar-refractivity contribution is 6.21. The van der Waals surface area contributed by atoms with Crippen molar-refractivity contribution in [3.8, 4) is 11.5 Å². The first-order valence-corrected chi connectivity index (χ1v) is 9.76. The zero-order chi connectivity index (χ0) is 20.6. The number of ether oxygens (including phenoxy) is 2. The van der Waals surface area contributed by atoms with Gasteiger partial charge >= 0.3 is 5.97 Å². The molecule has 1 fully saturated rings. The monoisotopic (exact) mass is 395 g/mol. The Morgan fingerprint density at radius 2 is 1.83 bits per heavy atom. The van der Waals surface area contributed by atoms with Crippen LogP contribution in [0.3, 0.4) is 0 Å². The van der Waals surface area contributed by atoms with Crippen LogP contribution in [0, 0.1) is 0 Å². The van der Waals surface area contributed by atoms with Crippen molar-refractivity contribution >= 4 is 23.5 Å². The summed E-state index contributed by atoms with van der Waals surface area (Å²) in [7, 11) is 0. The summed E-state index contributed by atoms with van der Waals surface area (Å²) in [5.74, 6) is -0.378. The van der Waals surface area contributed by atoms with Gasteiger partial charge in [0, 0.05) is 13.1 Å². The minimum absolute atomic E-state index is 0.0315. The van der Waals surface area contributed by atoms with Gasteiger partial charge in [0.25, 0.3) is 5.91 Å². The van der Waals surface area contributed by atoms with Crippen molar-refractivity contribution in [3.05, 3.63) is 59.7 Å². The lowest BCUT2D eigenvalue weighted by Crippen LogP contribution is -2.32. The number of carbonyl (C=O) groups is 2. The van der Waals surface area contributed by atoms with Crippen LogP contribution in [0.2, 0.25) is 0 Å². The van der Waals surface area contributed by atoms with Crippen molar-refractivity contribution in [2.24, 2.45) is 0 Å². The van der Waals surface area contributed by atoms with Crippen LogP contribution >= 0.6 is 0 Å². The van der Waals surface area contributed by atoms with Gasteiger partial charge < -0.3 is 19.5 Å². The summed E-state index contributed by atoms with van der Waals surface area (Å²) in [4.78, 5) is 26.7. The van der Waals surface area contributed by atoms with Crippen molar-refractivity contribution in [1.82, 2.24) is 4.90 Å². The molecule has 1 N–H and O–H groups in total. The Morgan fingerprint density at radius 3 is 2.52 bits per heavy atom. The zero-order valence-electron chi connectivity index (χ0n) is 16.5. The molecule has 1 amide bonds. The van der Waals surface area contributed by atoms with Crippen molar-refractivity contribution in [2.75, 3.05) is 26.3 Å². The molecule has 1 aliphatic heterocycles. The Balaban J connectivity index is 1.83.